The summed E-state index contributed by atoms with van der Waals surface area (Å²) < 4.78 is 29.3. The minimum Gasteiger partial charge on any atom is -0.383 e. The molecule has 0 aliphatic carbocycles. The molecular formula is C15H23N3O5S. The number of rotatable bonds is 6. The molecule has 1 aliphatic heterocycles. The zero-order valence-electron chi connectivity index (χ0n) is 14.1. The van der Waals surface area contributed by atoms with Gasteiger partial charge in [0.15, 0.2) is 9.84 Å². The van der Waals surface area contributed by atoms with Crippen molar-refractivity contribution < 1.29 is 18.1 Å². The fourth-order valence-electron chi connectivity index (χ4n) is 2.93. The van der Waals surface area contributed by atoms with Crippen LogP contribution in [0.4, 0.5) is 11.4 Å². The molecule has 9 heteroatoms. The Kier molecular flexibility index (Phi) is 5.79. The van der Waals surface area contributed by atoms with Gasteiger partial charge in [0.1, 0.15) is 0 Å². The van der Waals surface area contributed by atoms with Crippen molar-refractivity contribution in [2.75, 3.05) is 51.1 Å². The standard InChI is InChI=1S/C15H23N3O5S/c1-12-11-17(7-6-16(12)8-9-23-2)14-5-4-13(18(19)20)10-15(14)24(3,21)22/h4-5,10,12H,6-9,11H2,1-3H3. The quantitative estimate of drug-likeness (QED) is 0.557. The van der Waals surface area contributed by atoms with E-state index < -0.39 is 14.8 Å². The van der Waals surface area contributed by atoms with Crippen molar-refractivity contribution in [3.8, 4) is 0 Å². The molecule has 0 N–H and O–H groups in total. The largest absolute Gasteiger partial charge is 0.383 e. The highest BCUT2D eigenvalue weighted by molar-refractivity contribution is 7.90. The first-order chi connectivity index (χ1) is 11.2. The van der Waals surface area contributed by atoms with Crippen molar-refractivity contribution in [1.82, 2.24) is 4.90 Å². The van der Waals surface area contributed by atoms with Crippen LogP contribution >= 0.6 is 0 Å². The van der Waals surface area contributed by atoms with E-state index in [0.29, 0.717) is 25.4 Å². The predicted molar refractivity (Wildman–Crippen MR) is 91.3 cm³/mol. The first-order valence-electron chi connectivity index (χ1n) is 7.70. The van der Waals surface area contributed by atoms with Crippen molar-refractivity contribution >= 4 is 21.2 Å². The van der Waals surface area contributed by atoms with Gasteiger partial charge < -0.3 is 9.64 Å². The number of piperazine rings is 1. The summed E-state index contributed by atoms with van der Waals surface area (Å²) in [6, 6.07) is 4.27. The molecule has 1 atom stereocenters. The third-order valence-corrected chi connectivity index (χ3v) is 5.37. The molecular weight excluding hydrogens is 334 g/mol. The van der Waals surface area contributed by atoms with Gasteiger partial charge in [-0.05, 0) is 13.0 Å². The zero-order valence-corrected chi connectivity index (χ0v) is 15.0. The van der Waals surface area contributed by atoms with Crippen LogP contribution in [0.25, 0.3) is 0 Å². The van der Waals surface area contributed by atoms with Crippen LogP contribution in [-0.2, 0) is 14.6 Å². The van der Waals surface area contributed by atoms with Gasteiger partial charge in [0.25, 0.3) is 5.69 Å². The number of methoxy groups -OCH3 is 1. The summed E-state index contributed by atoms with van der Waals surface area (Å²) in [7, 11) is -1.90. The molecule has 0 radical (unpaired) electrons. The SMILES string of the molecule is COCCN1CCN(c2ccc([N+](=O)[O-])cc2S(C)(=O)=O)CC1C. The lowest BCUT2D eigenvalue weighted by Gasteiger charge is -2.41. The third kappa shape index (κ3) is 4.22. The monoisotopic (exact) mass is 357 g/mol. The molecule has 0 spiro atoms. The minimum atomic E-state index is -3.56. The van der Waals surface area contributed by atoms with Crippen LogP contribution in [0, 0.1) is 10.1 Å². The van der Waals surface area contributed by atoms with Crippen LogP contribution in [0.3, 0.4) is 0 Å². The molecule has 0 saturated carbocycles. The van der Waals surface area contributed by atoms with Crippen molar-refractivity contribution in [2.24, 2.45) is 0 Å². The van der Waals surface area contributed by atoms with Crippen LogP contribution in [0.5, 0.6) is 0 Å². The molecule has 24 heavy (non-hydrogen) atoms. The Morgan fingerprint density at radius 3 is 2.62 bits per heavy atom. The Hall–Kier alpha value is -1.71. The molecule has 1 fully saturated rings. The number of non-ortho nitro benzene ring substituents is 1. The summed E-state index contributed by atoms with van der Waals surface area (Å²) in [5.41, 5.74) is 0.312. The Morgan fingerprint density at radius 1 is 1.38 bits per heavy atom. The molecule has 134 valence electrons. The lowest BCUT2D eigenvalue weighted by atomic mass is 10.1. The number of anilines is 1. The number of benzene rings is 1. The fraction of sp³-hybridized carbons (Fsp3) is 0.600. The predicted octanol–water partition coefficient (Wildman–Crippen LogP) is 1.16. The van der Waals surface area contributed by atoms with Gasteiger partial charge in [0, 0.05) is 57.7 Å². The Labute approximate surface area is 142 Å². The van der Waals surface area contributed by atoms with Gasteiger partial charge in [0.2, 0.25) is 0 Å². The van der Waals surface area contributed by atoms with E-state index in [9.17, 15) is 18.5 Å². The third-order valence-electron chi connectivity index (χ3n) is 4.24. The van der Waals surface area contributed by atoms with Gasteiger partial charge in [-0.2, -0.15) is 0 Å². The molecule has 1 aromatic carbocycles. The highest BCUT2D eigenvalue weighted by atomic mass is 32.2. The van der Waals surface area contributed by atoms with E-state index >= 15 is 0 Å². The maximum absolute atomic E-state index is 12.1. The van der Waals surface area contributed by atoms with Crippen LogP contribution < -0.4 is 4.90 Å². The topological polar surface area (TPSA) is 93.0 Å². The summed E-state index contributed by atoms with van der Waals surface area (Å²) in [6.07, 6.45) is 1.08. The molecule has 1 unspecified atom stereocenters. The molecule has 2 rings (SSSR count). The summed E-state index contributed by atoms with van der Waals surface area (Å²) in [5, 5.41) is 10.9. The van der Waals surface area contributed by atoms with Crippen LogP contribution in [0.15, 0.2) is 23.1 Å². The number of nitrogens with zero attached hydrogens (tertiary/aromatic N) is 3. The van der Waals surface area contributed by atoms with Gasteiger partial charge in [0.05, 0.1) is 22.1 Å². The average Bonchev–Trinajstić information content (AvgIpc) is 2.52. The second kappa shape index (κ2) is 7.45. The molecule has 0 bridgehead atoms. The number of nitro benzene ring substituents is 1. The number of hydrogen-bond donors (Lipinski definition) is 0. The summed E-state index contributed by atoms with van der Waals surface area (Å²) >= 11 is 0. The van der Waals surface area contributed by atoms with E-state index in [1.54, 1.807) is 7.11 Å². The van der Waals surface area contributed by atoms with Crippen molar-refractivity contribution in [1.29, 1.82) is 0 Å². The Balaban J connectivity index is 2.28. The minimum absolute atomic E-state index is 0.00856. The molecule has 0 aromatic heterocycles. The van der Waals surface area contributed by atoms with Crippen molar-refractivity contribution in [2.45, 2.75) is 17.9 Å². The van der Waals surface area contributed by atoms with Crippen molar-refractivity contribution in [3.63, 3.8) is 0 Å². The Bertz CT molecular complexity index is 707. The van der Waals surface area contributed by atoms with Gasteiger partial charge >= 0.3 is 0 Å². The first-order valence-corrected chi connectivity index (χ1v) is 9.59. The lowest BCUT2D eigenvalue weighted by molar-refractivity contribution is -0.385. The van der Waals surface area contributed by atoms with Gasteiger partial charge in [-0.1, -0.05) is 0 Å². The first kappa shape index (κ1) is 18.6. The second-order valence-corrected chi connectivity index (χ2v) is 7.99. The Morgan fingerprint density at radius 2 is 2.08 bits per heavy atom. The van der Waals surface area contributed by atoms with E-state index in [-0.39, 0.29) is 16.6 Å². The smallest absolute Gasteiger partial charge is 0.270 e. The summed E-state index contributed by atoms with van der Waals surface area (Å²) in [4.78, 5) is 14.6. The average molecular weight is 357 g/mol. The maximum atomic E-state index is 12.1. The van der Waals surface area contributed by atoms with E-state index in [2.05, 4.69) is 11.8 Å². The molecule has 0 amide bonds. The van der Waals surface area contributed by atoms with Crippen molar-refractivity contribution in [3.05, 3.63) is 28.3 Å². The lowest BCUT2D eigenvalue weighted by Crippen LogP contribution is -2.53. The van der Waals surface area contributed by atoms with Crippen LogP contribution in [0.2, 0.25) is 0 Å². The number of hydrogen-bond acceptors (Lipinski definition) is 7. The molecule has 1 aliphatic rings. The van der Waals surface area contributed by atoms with E-state index in [4.69, 9.17) is 4.74 Å². The maximum Gasteiger partial charge on any atom is 0.270 e. The van der Waals surface area contributed by atoms with E-state index in [0.717, 1.165) is 25.4 Å². The van der Waals surface area contributed by atoms with E-state index in [1.807, 2.05) is 4.90 Å². The molecule has 8 nitrogen and oxygen atoms in total. The highest BCUT2D eigenvalue weighted by Crippen LogP contribution is 2.30. The number of sulfone groups is 1. The van der Waals surface area contributed by atoms with E-state index in [1.165, 1.54) is 12.1 Å². The molecule has 1 heterocycles. The second-order valence-electron chi connectivity index (χ2n) is 6.01. The van der Waals surface area contributed by atoms with Crippen LogP contribution in [0.1, 0.15) is 6.92 Å². The zero-order chi connectivity index (χ0) is 17.9. The normalized spacial score (nSPS) is 19.5. The van der Waals surface area contributed by atoms with Gasteiger partial charge in [-0.25, -0.2) is 8.42 Å². The fourth-order valence-corrected chi connectivity index (χ4v) is 3.84. The summed E-state index contributed by atoms with van der Waals surface area (Å²) in [6.45, 7) is 5.65. The van der Waals surface area contributed by atoms with Crippen LogP contribution in [-0.4, -0.2) is 70.4 Å². The molecule has 1 aromatic rings. The summed E-state index contributed by atoms with van der Waals surface area (Å²) in [5.74, 6) is 0. The highest BCUT2D eigenvalue weighted by Gasteiger charge is 2.28. The van der Waals surface area contributed by atoms with Gasteiger partial charge in [-0.3, -0.25) is 15.0 Å². The van der Waals surface area contributed by atoms with Gasteiger partial charge in [-0.15, -0.1) is 0 Å². The number of ether oxygens (including phenoxy) is 1. The number of nitro groups is 1. The molecule has 1 saturated heterocycles.